The highest BCUT2D eigenvalue weighted by Gasteiger charge is 2.07. The van der Waals surface area contributed by atoms with E-state index in [1.54, 1.807) is 0 Å². The van der Waals surface area contributed by atoms with Crippen molar-refractivity contribution < 1.29 is 0 Å². The minimum Gasteiger partial charge on any atom is -0.314 e. The van der Waals surface area contributed by atoms with Crippen LogP contribution >= 0.6 is 11.3 Å². The molecule has 2 nitrogen and oxygen atoms in total. The van der Waals surface area contributed by atoms with Gasteiger partial charge in [-0.1, -0.05) is 13.8 Å². The van der Waals surface area contributed by atoms with Crippen LogP contribution in [0.1, 0.15) is 36.3 Å². The first-order valence-electron chi connectivity index (χ1n) is 5.67. The normalized spacial score (nSPS) is 13.5. The molecule has 1 unspecified atom stereocenters. The molecule has 3 heteroatoms. The van der Waals surface area contributed by atoms with Crippen LogP contribution < -0.4 is 5.32 Å². The van der Waals surface area contributed by atoms with E-state index >= 15 is 0 Å². The van der Waals surface area contributed by atoms with Gasteiger partial charge in [0.2, 0.25) is 0 Å². The van der Waals surface area contributed by atoms with E-state index in [2.05, 4.69) is 44.9 Å². The number of nitrogens with zero attached hydrogens (tertiary/aromatic N) is 1. The highest BCUT2D eigenvalue weighted by atomic mass is 32.1. The largest absolute Gasteiger partial charge is 0.314 e. The van der Waals surface area contributed by atoms with Gasteiger partial charge < -0.3 is 5.32 Å². The number of aryl methyl sites for hydroxylation is 2. The first kappa shape index (κ1) is 12.7. The lowest BCUT2D eigenvalue weighted by atomic mass is 10.1. The van der Waals surface area contributed by atoms with E-state index < -0.39 is 0 Å². The van der Waals surface area contributed by atoms with Crippen LogP contribution in [0.25, 0.3) is 0 Å². The summed E-state index contributed by atoms with van der Waals surface area (Å²) >= 11 is 1.82. The van der Waals surface area contributed by atoms with Gasteiger partial charge in [0.1, 0.15) is 0 Å². The van der Waals surface area contributed by atoms with Crippen molar-refractivity contribution in [2.75, 3.05) is 6.54 Å². The van der Waals surface area contributed by atoms with Gasteiger partial charge >= 0.3 is 0 Å². The van der Waals surface area contributed by atoms with Crippen LogP contribution in [0.5, 0.6) is 0 Å². The minimum absolute atomic E-state index is 0.597. The Hall–Kier alpha value is -0.410. The van der Waals surface area contributed by atoms with Gasteiger partial charge in [0, 0.05) is 17.5 Å². The van der Waals surface area contributed by atoms with E-state index in [1.165, 1.54) is 15.6 Å². The molecule has 86 valence electrons. The number of hydrogen-bond acceptors (Lipinski definition) is 3. The Bertz CT molecular complexity index is 305. The van der Waals surface area contributed by atoms with Gasteiger partial charge in [-0.2, -0.15) is 0 Å². The summed E-state index contributed by atoms with van der Waals surface area (Å²) in [6.45, 7) is 12.0. The van der Waals surface area contributed by atoms with Crippen molar-refractivity contribution in [3.8, 4) is 0 Å². The molecule has 15 heavy (non-hydrogen) atoms. The third kappa shape index (κ3) is 3.92. The molecule has 0 radical (unpaired) electrons. The van der Waals surface area contributed by atoms with Crippen LogP contribution in [-0.4, -0.2) is 17.6 Å². The summed E-state index contributed by atoms with van der Waals surface area (Å²) in [4.78, 5) is 5.86. The summed E-state index contributed by atoms with van der Waals surface area (Å²) in [5, 5.41) is 4.73. The number of nitrogens with one attached hydrogen (secondary N) is 1. The van der Waals surface area contributed by atoms with Crippen LogP contribution in [0, 0.1) is 19.8 Å². The average Bonchev–Trinajstić information content (AvgIpc) is 2.45. The molecule has 1 N–H and O–H groups in total. The van der Waals surface area contributed by atoms with Crippen LogP contribution in [0.2, 0.25) is 0 Å². The molecule has 1 heterocycles. The maximum Gasteiger partial charge on any atom is 0.0900 e. The summed E-state index contributed by atoms with van der Waals surface area (Å²) in [5.74, 6) is 0.703. The molecule has 0 aromatic carbocycles. The van der Waals surface area contributed by atoms with Gasteiger partial charge in [0.25, 0.3) is 0 Å². The van der Waals surface area contributed by atoms with Gasteiger partial charge in [-0.3, -0.25) is 0 Å². The topological polar surface area (TPSA) is 24.9 Å². The fourth-order valence-electron chi connectivity index (χ4n) is 1.45. The van der Waals surface area contributed by atoms with Crippen LogP contribution in [-0.2, 0) is 6.42 Å². The fourth-order valence-corrected chi connectivity index (χ4v) is 2.39. The molecule has 1 aromatic heterocycles. The van der Waals surface area contributed by atoms with Gasteiger partial charge in [-0.15, -0.1) is 11.3 Å². The van der Waals surface area contributed by atoms with Gasteiger partial charge in [0.05, 0.1) is 10.7 Å². The predicted octanol–water partition coefficient (Wildman–Crippen LogP) is 2.94. The van der Waals surface area contributed by atoms with Crippen molar-refractivity contribution in [3.05, 3.63) is 15.6 Å². The minimum atomic E-state index is 0.597. The lowest BCUT2D eigenvalue weighted by molar-refractivity contribution is 0.430. The zero-order valence-electron chi connectivity index (χ0n) is 10.4. The Balaban J connectivity index is 2.35. The summed E-state index contributed by atoms with van der Waals surface area (Å²) in [6, 6.07) is 0.597. The van der Waals surface area contributed by atoms with E-state index in [1.807, 2.05) is 11.3 Å². The third-order valence-corrected chi connectivity index (χ3v) is 3.95. The lowest BCUT2D eigenvalue weighted by Gasteiger charge is -2.16. The molecule has 0 saturated heterocycles. The van der Waals surface area contributed by atoms with Crippen molar-refractivity contribution >= 4 is 11.3 Å². The molecule has 0 saturated carbocycles. The van der Waals surface area contributed by atoms with Gasteiger partial charge in [-0.05, 0) is 33.1 Å². The molecule has 0 bridgehead atoms. The Kier molecular flexibility index (Phi) is 4.74. The maximum atomic E-state index is 4.43. The molecule has 0 aliphatic heterocycles. The number of aromatic nitrogens is 1. The average molecular weight is 226 g/mol. The predicted molar refractivity (Wildman–Crippen MR) is 67.6 cm³/mol. The Labute approximate surface area is 97.1 Å². The lowest BCUT2D eigenvalue weighted by Crippen LogP contribution is -2.32. The summed E-state index contributed by atoms with van der Waals surface area (Å²) in [7, 11) is 0. The smallest absolute Gasteiger partial charge is 0.0900 e. The zero-order chi connectivity index (χ0) is 11.4. The Morgan fingerprint density at radius 3 is 2.40 bits per heavy atom. The molecular weight excluding hydrogens is 204 g/mol. The van der Waals surface area contributed by atoms with Crippen molar-refractivity contribution in [2.24, 2.45) is 5.92 Å². The Morgan fingerprint density at radius 1 is 1.27 bits per heavy atom. The molecule has 1 aromatic rings. The van der Waals surface area contributed by atoms with Crippen LogP contribution in [0.3, 0.4) is 0 Å². The highest BCUT2D eigenvalue weighted by Crippen LogP contribution is 2.17. The second-order valence-corrected chi connectivity index (χ2v) is 5.77. The molecule has 0 fully saturated rings. The van der Waals surface area contributed by atoms with E-state index in [4.69, 9.17) is 0 Å². The van der Waals surface area contributed by atoms with Gasteiger partial charge in [0.15, 0.2) is 0 Å². The number of thiazole rings is 1. The Morgan fingerprint density at radius 2 is 1.93 bits per heavy atom. The monoisotopic (exact) mass is 226 g/mol. The number of rotatable bonds is 5. The quantitative estimate of drug-likeness (QED) is 0.835. The molecule has 1 rings (SSSR count). The third-order valence-electron chi connectivity index (χ3n) is 2.82. The first-order chi connectivity index (χ1) is 7.00. The first-order valence-corrected chi connectivity index (χ1v) is 6.48. The molecule has 1 atom stereocenters. The van der Waals surface area contributed by atoms with Crippen LogP contribution in [0.4, 0.5) is 0 Å². The van der Waals surface area contributed by atoms with E-state index in [9.17, 15) is 0 Å². The van der Waals surface area contributed by atoms with Crippen LogP contribution in [0.15, 0.2) is 0 Å². The molecular formula is C12H22N2S. The SMILES string of the molecule is Cc1nc(C)c(CCNC(C)C(C)C)s1. The van der Waals surface area contributed by atoms with Crippen molar-refractivity contribution in [3.63, 3.8) is 0 Å². The van der Waals surface area contributed by atoms with E-state index in [0.29, 0.717) is 12.0 Å². The standard InChI is InChI=1S/C12H22N2S/c1-8(2)9(3)13-7-6-12-10(4)14-11(5)15-12/h8-9,13H,6-7H2,1-5H3. The molecule has 0 aliphatic rings. The molecule has 0 amide bonds. The van der Waals surface area contributed by atoms with Crippen molar-refractivity contribution in [2.45, 2.75) is 47.1 Å². The summed E-state index contributed by atoms with van der Waals surface area (Å²) < 4.78 is 0. The van der Waals surface area contributed by atoms with Crippen molar-refractivity contribution in [1.82, 2.24) is 10.3 Å². The maximum absolute atomic E-state index is 4.43. The summed E-state index contributed by atoms with van der Waals surface area (Å²) in [5.41, 5.74) is 1.21. The second kappa shape index (κ2) is 5.61. The van der Waals surface area contributed by atoms with Gasteiger partial charge in [-0.25, -0.2) is 4.98 Å². The molecule has 0 spiro atoms. The van der Waals surface area contributed by atoms with Crippen molar-refractivity contribution in [1.29, 1.82) is 0 Å². The van der Waals surface area contributed by atoms with E-state index in [-0.39, 0.29) is 0 Å². The fraction of sp³-hybridized carbons (Fsp3) is 0.750. The summed E-state index contributed by atoms with van der Waals surface area (Å²) in [6.07, 6.45) is 1.11. The highest BCUT2D eigenvalue weighted by molar-refractivity contribution is 7.11. The molecule has 0 aliphatic carbocycles. The number of hydrogen-bond donors (Lipinski definition) is 1. The van der Waals surface area contributed by atoms with E-state index in [0.717, 1.165) is 13.0 Å². The second-order valence-electron chi connectivity index (χ2n) is 4.48. The zero-order valence-corrected chi connectivity index (χ0v) is 11.2.